The van der Waals surface area contributed by atoms with Crippen molar-refractivity contribution in [1.82, 2.24) is 0 Å². The Bertz CT molecular complexity index is 989. The molecule has 3 N–H and O–H groups in total. The van der Waals surface area contributed by atoms with Crippen LogP contribution in [0.1, 0.15) is 87.5 Å². The predicted molar refractivity (Wildman–Crippen MR) is 135 cm³/mol. The Morgan fingerprint density at radius 2 is 1.71 bits per heavy atom. The van der Waals surface area contributed by atoms with Crippen molar-refractivity contribution in [3.05, 3.63) is 23.3 Å². The molecule has 5 nitrogen and oxygen atoms in total. The molecule has 1 aliphatic heterocycles. The summed E-state index contributed by atoms with van der Waals surface area (Å²) in [4.78, 5) is 14.3. The van der Waals surface area contributed by atoms with E-state index in [2.05, 4.69) is 46.8 Å². The fourth-order valence-electron chi connectivity index (χ4n) is 10.0. The lowest BCUT2D eigenvalue weighted by Crippen LogP contribution is -2.65. The first-order valence-electron chi connectivity index (χ1n) is 13.6. The van der Waals surface area contributed by atoms with Gasteiger partial charge in [-0.25, -0.2) is 0 Å². The Morgan fingerprint density at radius 3 is 2.34 bits per heavy atom. The van der Waals surface area contributed by atoms with E-state index in [0.29, 0.717) is 19.3 Å². The molecule has 35 heavy (non-hydrogen) atoms. The van der Waals surface area contributed by atoms with E-state index in [9.17, 15) is 20.1 Å². The van der Waals surface area contributed by atoms with Crippen molar-refractivity contribution in [1.29, 1.82) is 0 Å². The minimum atomic E-state index is -0.914. The van der Waals surface area contributed by atoms with Crippen LogP contribution in [0.25, 0.3) is 0 Å². The van der Waals surface area contributed by atoms with Crippen LogP contribution in [0.3, 0.4) is 0 Å². The zero-order valence-corrected chi connectivity index (χ0v) is 22.9. The summed E-state index contributed by atoms with van der Waals surface area (Å²) in [5.41, 5.74) is -0.319. The topological polar surface area (TPSA) is 87.0 Å². The van der Waals surface area contributed by atoms with Gasteiger partial charge in [0.25, 0.3) is 0 Å². The summed E-state index contributed by atoms with van der Waals surface area (Å²) in [5.74, 6) is 0.169. The van der Waals surface area contributed by atoms with E-state index >= 15 is 0 Å². The second-order valence-electron chi connectivity index (χ2n) is 14.4. The minimum absolute atomic E-state index is 0.0778. The number of ketones is 1. The Morgan fingerprint density at radius 1 is 1.06 bits per heavy atom. The normalized spacial score (nSPS) is 54.7. The second kappa shape index (κ2) is 7.52. The molecular weight excluding hydrogens is 440 g/mol. The first-order valence-corrected chi connectivity index (χ1v) is 13.6. The third kappa shape index (κ3) is 3.17. The Labute approximate surface area is 211 Å². The van der Waals surface area contributed by atoms with Gasteiger partial charge in [0.05, 0.1) is 30.0 Å². The largest absolute Gasteiger partial charge is 0.390 e. The van der Waals surface area contributed by atoms with Gasteiger partial charge in [-0.3, -0.25) is 4.79 Å². The highest BCUT2D eigenvalue weighted by Crippen LogP contribution is 2.75. The van der Waals surface area contributed by atoms with E-state index in [1.807, 2.05) is 20.8 Å². The van der Waals surface area contributed by atoms with Crippen molar-refractivity contribution < 1.29 is 24.9 Å². The Balaban J connectivity index is 1.60. The average Bonchev–Trinajstić information content (AvgIpc) is 2.93. The van der Waals surface area contributed by atoms with E-state index in [4.69, 9.17) is 4.74 Å². The third-order valence-electron chi connectivity index (χ3n) is 11.8. The molecule has 11 unspecified atom stereocenters. The van der Waals surface area contributed by atoms with Crippen molar-refractivity contribution in [2.45, 2.75) is 118 Å². The van der Waals surface area contributed by atoms with Gasteiger partial charge in [0.1, 0.15) is 5.78 Å². The van der Waals surface area contributed by atoms with E-state index in [-0.39, 0.29) is 46.6 Å². The standard InChI is InChI=1S/C30H46O5/c1-16(2)11-17-13-29(7,34)24-21(35-17)14-27(5)22-10-9-18-19(12-20(31)25(33)26(18,3)4)30(22,8)23(32)15-28(24,27)6/h9,11,17,19-22,24-25,31,33-34H,10,12-15H2,1-8H3. The van der Waals surface area contributed by atoms with Gasteiger partial charge in [0.15, 0.2) is 0 Å². The molecule has 0 spiro atoms. The minimum Gasteiger partial charge on any atom is -0.390 e. The molecule has 0 amide bonds. The van der Waals surface area contributed by atoms with Gasteiger partial charge < -0.3 is 20.1 Å². The van der Waals surface area contributed by atoms with Gasteiger partial charge in [0.2, 0.25) is 0 Å². The van der Waals surface area contributed by atoms with Gasteiger partial charge in [-0.15, -0.1) is 0 Å². The monoisotopic (exact) mass is 486 g/mol. The van der Waals surface area contributed by atoms with E-state index in [1.54, 1.807) is 0 Å². The Kier molecular flexibility index (Phi) is 5.51. The highest BCUT2D eigenvalue weighted by molar-refractivity contribution is 5.88. The summed E-state index contributed by atoms with van der Waals surface area (Å²) in [6.07, 6.45) is 5.55. The lowest BCUT2D eigenvalue weighted by molar-refractivity contribution is -0.202. The summed E-state index contributed by atoms with van der Waals surface area (Å²) in [5, 5.41) is 33.4. The van der Waals surface area contributed by atoms with Crippen LogP contribution in [0.15, 0.2) is 23.3 Å². The van der Waals surface area contributed by atoms with Crippen molar-refractivity contribution >= 4 is 5.78 Å². The molecule has 0 aromatic rings. The SMILES string of the molecule is CC(C)=CC1CC(C)(O)C2C(CC3(C)C4CC=C5C(CC(O)C(O)C5(C)C)C4(C)C(=O)CC23C)O1. The van der Waals surface area contributed by atoms with E-state index in [1.165, 1.54) is 5.57 Å². The molecule has 5 aliphatic rings. The van der Waals surface area contributed by atoms with Crippen LogP contribution in [0, 0.1) is 39.4 Å². The molecule has 5 heteroatoms. The van der Waals surface area contributed by atoms with Gasteiger partial charge >= 0.3 is 0 Å². The summed E-state index contributed by atoms with van der Waals surface area (Å²) in [6, 6.07) is 0. The first-order chi connectivity index (χ1) is 16.0. The molecule has 0 aromatic carbocycles. The van der Waals surface area contributed by atoms with Crippen molar-refractivity contribution in [3.63, 3.8) is 0 Å². The van der Waals surface area contributed by atoms with Crippen LogP contribution in [0.4, 0.5) is 0 Å². The summed E-state index contributed by atoms with van der Waals surface area (Å²) in [7, 11) is 0. The number of ether oxygens (including phenoxy) is 1. The quantitative estimate of drug-likeness (QED) is 0.472. The molecular formula is C30H46O5. The molecule has 0 aromatic heterocycles. The zero-order valence-electron chi connectivity index (χ0n) is 22.9. The highest BCUT2D eigenvalue weighted by Gasteiger charge is 2.75. The van der Waals surface area contributed by atoms with Gasteiger partial charge in [-0.2, -0.15) is 0 Å². The molecule has 1 heterocycles. The van der Waals surface area contributed by atoms with Crippen LogP contribution < -0.4 is 0 Å². The van der Waals surface area contributed by atoms with Crippen molar-refractivity contribution in [2.24, 2.45) is 39.4 Å². The third-order valence-corrected chi connectivity index (χ3v) is 11.8. The maximum Gasteiger partial charge on any atom is 0.140 e. The predicted octanol–water partition coefficient (Wildman–Crippen LogP) is 4.59. The average molecular weight is 487 g/mol. The molecule has 0 radical (unpaired) electrons. The lowest BCUT2D eigenvalue weighted by Gasteiger charge is -2.65. The van der Waals surface area contributed by atoms with Crippen LogP contribution >= 0.6 is 0 Å². The number of aliphatic hydroxyl groups is 3. The molecule has 0 bridgehead atoms. The number of carbonyl (C=O) groups excluding carboxylic acids is 1. The van der Waals surface area contributed by atoms with Gasteiger partial charge in [0, 0.05) is 29.6 Å². The van der Waals surface area contributed by atoms with Crippen LogP contribution in [-0.2, 0) is 9.53 Å². The Hall–Kier alpha value is -1.01. The maximum absolute atomic E-state index is 14.3. The fraction of sp³-hybridized carbons (Fsp3) is 0.833. The van der Waals surface area contributed by atoms with Crippen LogP contribution in [-0.4, -0.2) is 51.1 Å². The number of aliphatic hydroxyl groups excluding tert-OH is 2. The van der Waals surface area contributed by atoms with E-state index in [0.717, 1.165) is 18.4 Å². The maximum atomic E-state index is 14.3. The molecule has 5 rings (SSSR count). The van der Waals surface area contributed by atoms with Crippen molar-refractivity contribution in [2.75, 3.05) is 0 Å². The number of hydrogen-bond donors (Lipinski definition) is 3. The number of fused-ring (bicyclic) bond motifs is 7. The summed E-state index contributed by atoms with van der Waals surface area (Å²) >= 11 is 0. The number of Topliss-reactive ketones (excluding diaryl/α,β-unsaturated/α-hetero) is 1. The second-order valence-corrected chi connectivity index (χ2v) is 14.4. The smallest absolute Gasteiger partial charge is 0.140 e. The molecule has 4 fully saturated rings. The van der Waals surface area contributed by atoms with Gasteiger partial charge in [-0.05, 0) is 62.7 Å². The summed E-state index contributed by atoms with van der Waals surface area (Å²) < 4.78 is 6.66. The lowest BCUT2D eigenvalue weighted by atomic mass is 9.38. The van der Waals surface area contributed by atoms with Gasteiger partial charge in [-0.1, -0.05) is 57.9 Å². The van der Waals surface area contributed by atoms with E-state index < -0.39 is 28.6 Å². The van der Waals surface area contributed by atoms with Crippen LogP contribution in [0.2, 0.25) is 0 Å². The molecule has 196 valence electrons. The van der Waals surface area contributed by atoms with Crippen molar-refractivity contribution in [3.8, 4) is 0 Å². The first kappa shape index (κ1) is 25.6. The number of carbonyl (C=O) groups is 1. The summed E-state index contributed by atoms with van der Waals surface area (Å²) in [6.45, 7) is 16.8. The molecule has 1 saturated heterocycles. The number of allylic oxidation sites excluding steroid dienone is 2. The fourth-order valence-corrected chi connectivity index (χ4v) is 10.0. The zero-order chi connectivity index (χ0) is 25.9. The molecule has 4 aliphatic carbocycles. The number of rotatable bonds is 1. The van der Waals surface area contributed by atoms with Crippen LogP contribution in [0.5, 0.6) is 0 Å². The highest BCUT2D eigenvalue weighted by atomic mass is 16.5. The number of hydrogen-bond acceptors (Lipinski definition) is 5. The molecule has 11 atom stereocenters. The molecule has 3 saturated carbocycles.